The van der Waals surface area contributed by atoms with Crippen molar-refractivity contribution in [1.82, 2.24) is 0 Å². The number of alkyl halides is 3. The highest BCUT2D eigenvalue weighted by atomic mass is 19.4. The second-order valence-electron chi connectivity index (χ2n) is 2.30. The van der Waals surface area contributed by atoms with Gasteiger partial charge in [0.15, 0.2) is 0 Å². The molecule has 0 aromatic rings. The fourth-order valence-electron chi connectivity index (χ4n) is 0.457. The van der Waals surface area contributed by atoms with Crippen molar-refractivity contribution in [1.29, 1.82) is 0 Å². The van der Waals surface area contributed by atoms with Crippen molar-refractivity contribution in [2.75, 3.05) is 0 Å². The molecule has 5 heteroatoms. The molecule has 0 bridgehead atoms. The van der Waals surface area contributed by atoms with Gasteiger partial charge in [-0.25, -0.2) is 0 Å². The van der Waals surface area contributed by atoms with Crippen molar-refractivity contribution in [3.05, 3.63) is 0 Å². The summed E-state index contributed by atoms with van der Waals surface area (Å²) in [7, 11) is 0. The van der Waals surface area contributed by atoms with Crippen LogP contribution in [0.3, 0.4) is 0 Å². The molecule has 0 amide bonds. The minimum Gasteiger partial charge on any atom is -0.452 e. The van der Waals surface area contributed by atoms with Gasteiger partial charge in [-0.3, -0.25) is 4.79 Å². The smallest absolute Gasteiger partial charge is 0.428 e. The molecule has 0 aromatic heterocycles. The summed E-state index contributed by atoms with van der Waals surface area (Å²) in [4.78, 5) is 9.70. The van der Waals surface area contributed by atoms with Gasteiger partial charge in [0, 0.05) is 0 Å². The van der Waals surface area contributed by atoms with Gasteiger partial charge in [0.05, 0.1) is 0 Å². The highest BCUT2D eigenvalue weighted by molar-refractivity contribution is 5.38. The van der Waals surface area contributed by atoms with E-state index in [9.17, 15) is 18.0 Å². The number of ether oxygens (including phenoxy) is 1. The zero-order valence-corrected chi connectivity index (χ0v) is 6.23. The molecule has 0 aromatic carbocycles. The molecular weight excluding hydrogens is 161 g/mol. The lowest BCUT2D eigenvalue weighted by atomic mass is 10.0. The predicted molar refractivity (Wildman–Crippen MR) is 31.9 cm³/mol. The summed E-state index contributed by atoms with van der Waals surface area (Å²) in [5.74, 6) is 0. The van der Waals surface area contributed by atoms with Gasteiger partial charge >= 0.3 is 6.18 Å². The van der Waals surface area contributed by atoms with Crippen LogP contribution in [0.25, 0.3) is 0 Å². The Morgan fingerprint density at radius 2 is 1.91 bits per heavy atom. The Labute approximate surface area is 62.3 Å². The highest BCUT2D eigenvalue weighted by Gasteiger charge is 2.52. The maximum Gasteiger partial charge on any atom is 0.428 e. The molecule has 0 saturated carbocycles. The molecule has 0 rings (SSSR count). The first-order valence-electron chi connectivity index (χ1n) is 3.05. The van der Waals surface area contributed by atoms with E-state index in [0.717, 1.165) is 6.92 Å². The second-order valence-corrected chi connectivity index (χ2v) is 2.30. The number of hydrogen-bond donors (Lipinski definition) is 0. The number of carbonyl (C=O) groups is 1. The average Bonchev–Trinajstić information content (AvgIpc) is 1.86. The highest BCUT2D eigenvalue weighted by Crippen LogP contribution is 2.35. The fraction of sp³-hybridized carbons (Fsp3) is 0.833. The summed E-state index contributed by atoms with van der Waals surface area (Å²) in [6, 6.07) is 0. The molecule has 0 N–H and O–H groups in total. The summed E-state index contributed by atoms with van der Waals surface area (Å²) in [6.45, 7) is 1.95. The Hall–Kier alpha value is -0.740. The molecule has 0 aliphatic carbocycles. The van der Waals surface area contributed by atoms with Gasteiger partial charge in [0.1, 0.15) is 0 Å². The van der Waals surface area contributed by atoms with E-state index in [1.807, 2.05) is 0 Å². The van der Waals surface area contributed by atoms with Gasteiger partial charge in [0.2, 0.25) is 5.60 Å². The van der Waals surface area contributed by atoms with Crippen LogP contribution in [-0.2, 0) is 9.53 Å². The van der Waals surface area contributed by atoms with Crippen molar-refractivity contribution >= 4 is 6.47 Å². The Morgan fingerprint density at radius 3 is 2.00 bits per heavy atom. The van der Waals surface area contributed by atoms with Crippen LogP contribution in [0.1, 0.15) is 20.3 Å². The minimum absolute atomic E-state index is 0.184. The van der Waals surface area contributed by atoms with Crippen LogP contribution in [0.2, 0.25) is 0 Å². The van der Waals surface area contributed by atoms with E-state index in [0.29, 0.717) is 0 Å². The van der Waals surface area contributed by atoms with E-state index < -0.39 is 11.8 Å². The van der Waals surface area contributed by atoms with Gasteiger partial charge in [-0.1, -0.05) is 6.92 Å². The molecular formula is C6H9F3O2. The molecule has 2 nitrogen and oxygen atoms in total. The Morgan fingerprint density at radius 1 is 1.45 bits per heavy atom. The zero-order chi connectivity index (χ0) is 9.12. The normalized spacial score (nSPS) is 17.2. The lowest BCUT2D eigenvalue weighted by Crippen LogP contribution is -2.43. The van der Waals surface area contributed by atoms with Crippen molar-refractivity contribution in [2.24, 2.45) is 0 Å². The second kappa shape index (κ2) is 3.11. The molecule has 0 fully saturated rings. The summed E-state index contributed by atoms with van der Waals surface area (Å²) < 4.78 is 40.0. The van der Waals surface area contributed by atoms with Gasteiger partial charge in [0.25, 0.3) is 6.47 Å². The molecule has 1 unspecified atom stereocenters. The van der Waals surface area contributed by atoms with Gasteiger partial charge in [-0.05, 0) is 13.3 Å². The molecule has 0 aliphatic rings. The Balaban J connectivity index is 4.45. The fourth-order valence-corrected chi connectivity index (χ4v) is 0.457. The molecule has 0 saturated heterocycles. The average molecular weight is 170 g/mol. The summed E-state index contributed by atoms with van der Waals surface area (Å²) in [5, 5.41) is 0. The number of rotatable bonds is 3. The van der Waals surface area contributed by atoms with Crippen LogP contribution in [0.5, 0.6) is 0 Å². The Kier molecular flexibility index (Phi) is 2.90. The number of carbonyl (C=O) groups excluding carboxylic acids is 1. The number of hydrogen-bond acceptors (Lipinski definition) is 2. The largest absolute Gasteiger partial charge is 0.452 e. The van der Waals surface area contributed by atoms with Crippen LogP contribution in [-0.4, -0.2) is 18.2 Å². The molecule has 0 radical (unpaired) electrons. The molecule has 66 valence electrons. The van der Waals surface area contributed by atoms with E-state index in [1.54, 1.807) is 0 Å². The van der Waals surface area contributed by atoms with Gasteiger partial charge in [-0.2, -0.15) is 13.2 Å². The van der Waals surface area contributed by atoms with Crippen molar-refractivity contribution in [2.45, 2.75) is 32.0 Å². The lowest BCUT2D eigenvalue weighted by molar-refractivity contribution is -0.258. The van der Waals surface area contributed by atoms with Gasteiger partial charge in [-0.15, -0.1) is 0 Å². The minimum atomic E-state index is -4.50. The predicted octanol–water partition coefficient (Wildman–Crippen LogP) is 1.89. The van der Waals surface area contributed by atoms with E-state index in [2.05, 4.69) is 4.74 Å². The number of halogens is 3. The zero-order valence-electron chi connectivity index (χ0n) is 6.23. The topological polar surface area (TPSA) is 26.3 Å². The molecule has 0 spiro atoms. The van der Waals surface area contributed by atoms with Crippen LogP contribution in [0, 0.1) is 0 Å². The summed E-state index contributed by atoms with van der Waals surface area (Å²) in [6.07, 6.45) is -4.78. The van der Waals surface area contributed by atoms with E-state index >= 15 is 0 Å². The quantitative estimate of drug-likeness (QED) is 0.604. The first-order valence-corrected chi connectivity index (χ1v) is 3.05. The van der Waals surface area contributed by atoms with Crippen LogP contribution < -0.4 is 0 Å². The van der Waals surface area contributed by atoms with Crippen molar-refractivity contribution in [3.8, 4) is 0 Å². The standard InChI is InChI=1S/C6H9F3O2/c1-3-5(2,11-4-10)6(7,8)9/h4H,3H2,1-2H3. The monoisotopic (exact) mass is 170 g/mol. The van der Waals surface area contributed by atoms with E-state index in [1.165, 1.54) is 6.92 Å². The SMILES string of the molecule is CCC(C)(OC=O)C(F)(F)F. The first-order chi connectivity index (χ1) is 4.87. The third-order valence-electron chi connectivity index (χ3n) is 1.58. The maximum absolute atomic E-state index is 12.0. The molecule has 0 heterocycles. The van der Waals surface area contributed by atoms with Crippen LogP contribution in [0.4, 0.5) is 13.2 Å². The lowest BCUT2D eigenvalue weighted by Gasteiger charge is -2.28. The summed E-state index contributed by atoms with van der Waals surface area (Å²) >= 11 is 0. The van der Waals surface area contributed by atoms with Crippen molar-refractivity contribution < 1.29 is 22.7 Å². The van der Waals surface area contributed by atoms with Crippen molar-refractivity contribution in [3.63, 3.8) is 0 Å². The van der Waals surface area contributed by atoms with Crippen LogP contribution >= 0.6 is 0 Å². The third kappa shape index (κ3) is 2.10. The van der Waals surface area contributed by atoms with Crippen LogP contribution in [0.15, 0.2) is 0 Å². The maximum atomic E-state index is 12.0. The first kappa shape index (κ1) is 10.3. The molecule has 11 heavy (non-hydrogen) atoms. The Bertz CT molecular complexity index is 143. The molecule has 1 atom stereocenters. The summed E-state index contributed by atoms with van der Waals surface area (Å²) in [5.41, 5.74) is -2.34. The van der Waals surface area contributed by atoms with E-state index in [-0.39, 0.29) is 12.9 Å². The van der Waals surface area contributed by atoms with E-state index in [4.69, 9.17) is 0 Å². The molecule has 0 aliphatic heterocycles. The third-order valence-corrected chi connectivity index (χ3v) is 1.58. The van der Waals surface area contributed by atoms with Gasteiger partial charge < -0.3 is 4.74 Å².